The normalized spacial score (nSPS) is 10.7. The van der Waals surface area contributed by atoms with E-state index in [1.54, 1.807) is 17.4 Å². The summed E-state index contributed by atoms with van der Waals surface area (Å²) in [7, 11) is 0. The van der Waals surface area contributed by atoms with Crippen molar-refractivity contribution in [3.05, 3.63) is 33.5 Å². The molecule has 84 valence electrons. The molecular formula is C11H10Cl2N2S. The van der Waals surface area contributed by atoms with Crippen molar-refractivity contribution in [1.82, 2.24) is 9.97 Å². The molecule has 2 aromatic heterocycles. The van der Waals surface area contributed by atoms with Crippen molar-refractivity contribution < 1.29 is 0 Å². The van der Waals surface area contributed by atoms with Crippen molar-refractivity contribution in [2.24, 2.45) is 0 Å². The van der Waals surface area contributed by atoms with Crippen LogP contribution in [0.15, 0.2) is 17.5 Å². The zero-order chi connectivity index (χ0) is 11.5. The van der Waals surface area contributed by atoms with Crippen molar-refractivity contribution in [2.45, 2.75) is 19.8 Å². The van der Waals surface area contributed by atoms with Gasteiger partial charge in [0.2, 0.25) is 0 Å². The number of hydrogen-bond acceptors (Lipinski definition) is 3. The summed E-state index contributed by atoms with van der Waals surface area (Å²) in [5.41, 5.74) is 0.809. The molecule has 2 nitrogen and oxygen atoms in total. The molecule has 2 aromatic rings. The lowest BCUT2D eigenvalue weighted by Gasteiger charge is -2.03. The molecule has 0 aliphatic rings. The first kappa shape index (κ1) is 11.8. The molecule has 16 heavy (non-hydrogen) atoms. The van der Waals surface area contributed by atoms with E-state index in [2.05, 4.69) is 16.9 Å². The van der Waals surface area contributed by atoms with E-state index in [9.17, 15) is 0 Å². The van der Waals surface area contributed by atoms with Gasteiger partial charge in [-0.2, -0.15) is 0 Å². The van der Waals surface area contributed by atoms with Gasteiger partial charge >= 0.3 is 0 Å². The molecule has 0 fully saturated rings. The van der Waals surface area contributed by atoms with Gasteiger partial charge in [-0.25, -0.2) is 9.97 Å². The average molecular weight is 273 g/mol. The summed E-state index contributed by atoms with van der Waals surface area (Å²) in [5, 5.41) is 3.12. The number of nitrogens with zero attached hydrogens (tertiary/aromatic N) is 2. The second-order valence-corrected chi connectivity index (χ2v) is 5.05. The number of aryl methyl sites for hydroxylation is 1. The molecule has 0 aliphatic carbocycles. The fraction of sp³-hybridized carbons (Fsp3) is 0.273. The Morgan fingerprint density at radius 2 is 2.12 bits per heavy atom. The highest BCUT2D eigenvalue weighted by molar-refractivity contribution is 7.14. The van der Waals surface area contributed by atoms with E-state index >= 15 is 0 Å². The van der Waals surface area contributed by atoms with Gasteiger partial charge in [-0.05, 0) is 17.9 Å². The van der Waals surface area contributed by atoms with E-state index in [1.807, 2.05) is 11.4 Å². The molecule has 0 saturated heterocycles. The summed E-state index contributed by atoms with van der Waals surface area (Å²) in [6.45, 7) is 2.09. The summed E-state index contributed by atoms with van der Waals surface area (Å²) >= 11 is 13.6. The lowest BCUT2D eigenvalue weighted by atomic mass is 10.3. The van der Waals surface area contributed by atoms with Crippen LogP contribution in [0.1, 0.15) is 19.2 Å². The van der Waals surface area contributed by atoms with Gasteiger partial charge < -0.3 is 0 Å². The molecule has 5 heteroatoms. The Balaban J connectivity index is 2.45. The molecule has 0 atom stereocenters. The monoisotopic (exact) mass is 272 g/mol. The molecule has 0 amide bonds. The highest BCUT2D eigenvalue weighted by Gasteiger charge is 2.09. The topological polar surface area (TPSA) is 25.8 Å². The molecule has 0 N–H and O–H groups in total. The van der Waals surface area contributed by atoms with Crippen molar-refractivity contribution in [1.29, 1.82) is 0 Å². The van der Waals surface area contributed by atoms with E-state index in [1.165, 1.54) is 0 Å². The standard InChI is InChI=1S/C11H10Cl2N2S/c1-2-3-10-14-8(6-9(13)15-10)11-7(12)4-5-16-11/h4-6H,2-3H2,1H3. The van der Waals surface area contributed by atoms with Crippen LogP contribution in [0.25, 0.3) is 10.6 Å². The van der Waals surface area contributed by atoms with Crippen LogP contribution in [0.2, 0.25) is 10.2 Å². The van der Waals surface area contributed by atoms with E-state index in [4.69, 9.17) is 23.2 Å². The first-order chi connectivity index (χ1) is 7.70. The summed E-state index contributed by atoms with van der Waals surface area (Å²) in [6, 6.07) is 3.61. The first-order valence-corrected chi connectivity index (χ1v) is 6.61. The quantitative estimate of drug-likeness (QED) is 0.771. The largest absolute Gasteiger partial charge is 0.232 e. The van der Waals surface area contributed by atoms with Crippen molar-refractivity contribution in [3.63, 3.8) is 0 Å². The molecular weight excluding hydrogens is 263 g/mol. The summed E-state index contributed by atoms with van der Waals surface area (Å²) in [6.07, 6.45) is 1.83. The smallest absolute Gasteiger partial charge is 0.133 e. The third-order valence-electron chi connectivity index (χ3n) is 2.06. The fourth-order valence-electron chi connectivity index (χ4n) is 1.39. The van der Waals surface area contributed by atoms with Crippen LogP contribution in [0.4, 0.5) is 0 Å². The number of rotatable bonds is 3. The SMILES string of the molecule is CCCc1nc(Cl)cc(-c2sccc2Cl)n1. The van der Waals surface area contributed by atoms with Crippen LogP contribution >= 0.6 is 34.5 Å². The number of aromatic nitrogens is 2. The minimum Gasteiger partial charge on any atom is -0.232 e. The Morgan fingerprint density at radius 1 is 1.31 bits per heavy atom. The molecule has 0 spiro atoms. The Kier molecular flexibility index (Phi) is 3.79. The van der Waals surface area contributed by atoms with Crippen molar-refractivity contribution in [2.75, 3.05) is 0 Å². The Bertz CT molecular complexity index is 496. The third kappa shape index (κ3) is 2.54. The highest BCUT2D eigenvalue weighted by Crippen LogP contribution is 2.32. The molecule has 0 aromatic carbocycles. The maximum atomic E-state index is 6.06. The van der Waals surface area contributed by atoms with Crippen LogP contribution in [0.3, 0.4) is 0 Å². The minimum absolute atomic E-state index is 0.470. The predicted octanol–water partition coefficient (Wildman–Crippen LogP) is 4.46. The van der Waals surface area contributed by atoms with Crippen molar-refractivity contribution >= 4 is 34.5 Å². The molecule has 0 unspecified atom stereocenters. The first-order valence-electron chi connectivity index (χ1n) is 4.97. The van der Waals surface area contributed by atoms with Gasteiger partial charge in [-0.3, -0.25) is 0 Å². The van der Waals surface area contributed by atoms with E-state index in [0.29, 0.717) is 10.2 Å². The zero-order valence-corrected chi connectivity index (χ0v) is 11.0. The number of thiophene rings is 1. The maximum absolute atomic E-state index is 6.06. The second kappa shape index (κ2) is 5.13. The highest BCUT2D eigenvalue weighted by atomic mass is 35.5. The number of halogens is 2. The summed E-state index contributed by atoms with van der Waals surface area (Å²) < 4.78 is 0. The van der Waals surface area contributed by atoms with Gasteiger partial charge in [0, 0.05) is 12.5 Å². The van der Waals surface area contributed by atoms with Crippen LogP contribution in [-0.4, -0.2) is 9.97 Å². The van der Waals surface area contributed by atoms with E-state index in [0.717, 1.165) is 29.2 Å². The molecule has 0 saturated carbocycles. The van der Waals surface area contributed by atoms with Gasteiger partial charge in [-0.1, -0.05) is 30.1 Å². The molecule has 2 rings (SSSR count). The van der Waals surface area contributed by atoms with Gasteiger partial charge in [-0.15, -0.1) is 11.3 Å². The van der Waals surface area contributed by atoms with E-state index < -0.39 is 0 Å². The Labute approximate surface area is 108 Å². The van der Waals surface area contributed by atoms with Crippen LogP contribution in [-0.2, 0) is 6.42 Å². The average Bonchev–Trinajstić information content (AvgIpc) is 2.64. The minimum atomic E-state index is 0.470. The van der Waals surface area contributed by atoms with Gasteiger partial charge in [0.25, 0.3) is 0 Å². The molecule has 2 heterocycles. The van der Waals surface area contributed by atoms with Crippen molar-refractivity contribution in [3.8, 4) is 10.6 Å². The molecule has 0 aliphatic heterocycles. The van der Waals surface area contributed by atoms with Crippen LogP contribution in [0.5, 0.6) is 0 Å². The summed E-state index contributed by atoms with van der Waals surface area (Å²) in [4.78, 5) is 9.58. The Morgan fingerprint density at radius 3 is 2.75 bits per heavy atom. The van der Waals surface area contributed by atoms with Crippen LogP contribution < -0.4 is 0 Å². The zero-order valence-electron chi connectivity index (χ0n) is 8.70. The van der Waals surface area contributed by atoms with Crippen LogP contribution in [0, 0.1) is 0 Å². The second-order valence-electron chi connectivity index (χ2n) is 3.34. The lowest BCUT2D eigenvalue weighted by molar-refractivity contribution is 0.837. The third-order valence-corrected chi connectivity index (χ3v) is 3.62. The molecule has 0 radical (unpaired) electrons. The fourth-order valence-corrected chi connectivity index (χ4v) is 2.71. The predicted molar refractivity (Wildman–Crippen MR) is 69.4 cm³/mol. The summed E-state index contributed by atoms with van der Waals surface area (Å²) in [5.74, 6) is 0.773. The Hall–Kier alpha value is -0.640. The molecule has 0 bridgehead atoms. The maximum Gasteiger partial charge on any atom is 0.133 e. The van der Waals surface area contributed by atoms with Gasteiger partial charge in [0.15, 0.2) is 0 Å². The van der Waals surface area contributed by atoms with Gasteiger partial charge in [0.05, 0.1) is 15.6 Å². The van der Waals surface area contributed by atoms with Gasteiger partial charge in [0.1, 0.15) is 11.0 Å². The van der Waals surface area contributed by atoms with E-state index in [-0.39, 0.29) is 0 Å². The number of hydrogen-bond donors (Lipinski definition) is 0. The lowest BCUT2D eigenvalue weighted by Crippen LogP contribution is -1.96.